The molecule has 0 unspecified atom stereocenters. The minimum atomic E-state index is -0.181. The Kier molecular flexibility index (Phi) is 3.72. The maximum atomic E-state index is 11.4. The molecule has 0 saturated carbocycles. The Bertz CT molecular complexity index is 854. The van der Waals surface area contributed by atoms with E-state index in [-0.39, 0.29) is 11.1 Å². The zero-order chi connectivity index (χ0) is 16.7. The Morgan fingerprint density at radius 3 is 2.38 bits per heavy atom. The monoisotopic (exact) mass is 327 g/mol. The molecule has 4 rings (SSSR count). The van der Waals surface area contributed by atoms with Gasteiger partial charge in [-0.3, -0.25) is 0 Å². The van der Waals surface area contributed by atoms with Gasteiger partial charge in [0.1, 0.15) is 5.82 Å². The van der Waals surface area contributed by atoms with E-state index in [1.807, 2.05) is 12.1 Å². The van der Waals surface area contributed by atoms with Crippen LogP contribution in [0.5, 0.6) is 0 Å². The van der Waals surface area contributed by atoms with Gasteiger partial charge in [-0.05, 0) is 38.1 Å². The van der Waals surface area contributed by atoms with Crippen molar-refractivity contribution in [3.05, 3.63) is 28.4 Å². The molecule has 1 aromatic carbocycles. The summed E-state index contributed by atoms with van der Waals surface area (Å²) in [4.78, 5) is 27.9. The van der Waals surface area contributed by atoms with Gasteiger partial charge in [-0.25, -0.2) is 9.78 Å². The van der Waals surface area contributed by atoms with Crippen LogP contribution in [0.4, 0.5) is 0 Å². The summed E-state index contributed by atoms with van der Waals surface area (Å²) in [6.07, 6.45) is 5.31. The lowest BCUT2D eigenvalue weighted by Crippen LogP contribution is -2.38. The minimum absolute atomic E-state index is 0.0372. The highest BCUT2D eigenvalue weighted by atomic mass is 16.1. The average molecular weight is 327 g/mol. The van der Waals surface area contributed by atoms with Crippen molar-refractivity contribution in [2.45, 2.75) is 44.9 Å². The van der Waals surface area contributed by atoms with Crippen molar-refractivity contribution < 1.29 is 0 Å². The van der Waals surface area contributed by atoms with E-state index in [0.29, 0.717) is 0 Å². The van der Waals surface area contributed by atoms with Gasteiger partial charge in [-0.1, -0.05) is 26.7 Å². The first-order valence-corrected chi connectivity index (χ1v) is 8.86. The number of hydrogen-bond donors (Lipinski definition) is 3. The minimum Gasteiger partial charge on any atom is -0.341 e. The van der Waals surface area contributed by atoms with Gasteiger partial charge in [-0.2, -0.15) is 0 Å². The number of fused-ring (bicyclic) bond motifs is 2. The van der Waals surface area contributed by atoms with Gasteiger partial charge >= 0.3 is 5.69 Å². The Morgan fingerprint density at radius 2 is 1.67 bits per heavy atom. The molecule has 1 aliphatic rings. The van der Waals surface area contributed by atoms with E-state index < -0.39 is 0 Å². The third-order valence-electron chi connectivity index (χ3n) is 5.08. The second-order valence-corrected chi connectivity index (χ2v) is 7.65. The fraction of sp³-hybridized carbons (Fsp3) is 0.556. The number of H-pyrrole nitrogens is 3. The zero-order valence-electron chi connectivity index (χ0n) is 14.4. The van der Waals surface area contributed by atoms with Crippen molar-refractivity contribution in [3.63, 3.8) is 0 Å². The number of aromatic amines is 3. The van der Waals surface area contributed by atoms with Gasteiger partial charge in [-0.15, -0.1) is 0 Å². The van der Waals surface area contributed by atoms with E-state index in [1.54, 1.807) is 0 Å². The van der Waals surface area contributed by atoms with Crippen LogP contribution in [-0.4, -0.2) is 44.5 Å². The molecule has 6 heteroatoms. The lowest BCUT2D eigenvalue weighted by Gasteiger charge is -2.30. The van der Waals surface area contributed by atoms with Crippen LogP contribution < -0.4 is 5.69 Å². The fourth-order valence-corrected chi connectivity index (χ4v) is 3.79. The quantitative estimate of drug-likeness (QED) is 0.692. The number of aromatic nitrogens is 4. The van der Waals surface area contributed by atoms with Crippen LogP contribution in [0, 0.1) is 0 Å². The van der Waals surface area contributed by atoms with Crippen molar-refractivity contribution in [1.82, 2.24) is 24.8 Å². The molecule has 0 aliphatic carbocycles. The summed E-state index contributed by atoms with van der Waals surface area (Å²) >= 11 is 0. The molecule has 24 heavy (non-hydrogen) atoms. The molecule has 6 nitrogen and oxygen atoms in total. The van der Waals surface area contributed by atoms with Gasteiger partial charge in [0.15, 0.2) is 0 Å². The molecular weight excluding hydrogens is 302 g/mol. The molecule has 128 valence electrons. The second-order valence-electron chi connectivity index (χ2n) is 7.65. The molecule has 1 aliphatic heterocycles. The second kappa shape index (κ2) is 5.77. The molecule has 0 amide bonds. The zero-order valence-corrected chi connectivity index (χ0v) is 14.4. The lowest BCUT2D eigenvalue weighted by atomic mass is 9.91. The van der Waals surface area contributed by atoms with Gasteiger partial charge in [0.2, 0.25) is 0 Å². The van der Waals surface area contributed by atoms with Gasteiger partial charge < -0.3 is 19.9 Å². The van der Waals surface area contributed by atoms with E-state index in [2.05, 4.69) is 33.7 Å². The van der Waals surface area contributed by atoms with Crippen LogP contribution >= 0.6 is 0 Å². The Balaban J connectivity index is 1.65. The Hall–Kier alpha value is -2.08. The first-order chi connectivity index (χ1) is 11.5. The topological polar surface area (TPSA) is 80.6 Å². The Labute approximate surface area is 140 Å². The number of nitrogens with one attached hydrogen (secondary N) is 3. The van der Waals surface area contributed by atoms with E-state index in [1.165, 1.54) is 38.8 Å². The number of likely N-dealkylation sites (tertiary alicyclic amines) is 1. The van der Waals surface area contributed by atoms with Gasteiger partial charge in [0.05, 0.1) is 22.1 Å². The molecule has 0 spiro atoms. The largest absolute Gasteiger partial charge is 0.341 e. The third kappa shape index (κ3) is 2.86. The smallest absolute Gasteiger partial charge is 0.323 e. The van der Waals surface area contributed by atoms with Crippen molar-refractivity contribution >= 4 is 22.1 Å². The maximum absolute atomic E-state index is 11.4. The van der Waals surface area contributed by atoms with E-state index in [0.717, 1.165) is 34.4 Å². The first kappa shape index (κ1) is 15.4. The molecule has 0 radical (unpaired) electrons. The molecule has 0 atom stereocenters. The molecular formula is C18H25N5O. The average Bonchev–Trinajstić information content (AvgIpc) is 2.99. The summed E-state index contributed by atoms with van der Waals surface area (Å²) in [6, 6.07) is 3.89. The first-order valence-electron chi connectivity index (χ1n) is 8.86. The third-order valence-corrected chi connectivity index (χ3v) is 5.08. The predicted molar refractivity (Wildman–Crippen MR) is 96.5 cm³/mol. The standard InChI is InChI=1S/C18H25N5O/c1-18(2,11-23-7-5-3-4-6-8-23)16-19-12-9-14-15(10-13(12)20-16)22-17(24)21-14/h9-10H,3-8,11H2,1-2H3,(H,19,20)(H2,21,22,24). The van der Waals surface area contributed by atoms with Crippen LogP contribution in [-0.2, 0) is 5.41 Å². The number of benzene rings is 1. The van der Waals surface area contributed by atoms with E-state index in [4.69, 9.17) is 4.98 Å². The summed E-state index contributed by atoms with van der Waals surface area (Å²) < 4.78 is 0. The highest BCUT2D eigenvalue weighted by Crippen LogP contribution is 2.27. The van der Waals surface area contributed by atoms with E-state index in [9.17, 15) is 4.79 Å². The molecule has 3 aromatic rings. The van der Waals surface area contributed by atoms with Gasteiger partial charge in [0, 0.05) is 12.0 Å². The number of rotatable bonds is 3. The highest BCUT2D eigenvalue weighted by molar-refractivity contribution is 5.91. The molecule has 2 aromatic heterocycles. The summed E-state index contributed by atoms with van der Waals surface area (Å²) in [7, 11) is 0. The van der Waals surface area contributed by atoms with Crippen LogP contribution in [0.2, 0.25) is 0 Å². The Morgan fingerprint density at radius 1 is 1.00 bits per heavy atom. The summed E-state index contributed by atoms with van der Waals surface area (Å²) in [5.74, 6) is 1.01. The van der Waals surface area contributed by atoms with Gasteiger partial charge in [0.25, 0.3) is 0 Å². The normalized spacial score (nSPS) is 17.6. The SMILES string of the molecule is CC(C)(CN1CCCCCC1)c1nc2cc3[nH]c(=O)[nH]c3cc2[nH]1. The van der Waals surface area contributed by atoms with Crippen LogP contribution in [0.1, 0.15) is 45.4 Å². The molecule has 1 fully saturated rings. The number of nitrogens with zero attached hydrogens (tertiary/aromatic N) is 2. The molecule has 0 bridgehead atoms. The van der Waals surface area contributed by atoms with Crippen LogP contribution in [0.3, 0.4) is 0 Å². The fourth-order valence-electron chi connectivity index (χ4n) is 3.79. The highest BCUT2D eigenvalue weighted by Gasteiger charge is 2.28. The van der Waals surface area contributed by atoms with Crippen LogP contribution in [0.25, 0.3) is 22.1 Å². The molecule has 3 N–H and O–H groups in total. The van der Waals surface area contributed by atoms with Crippen molar-refractivity contribution in [2.75, 3.05) is 19.6 Å². The maximum Gasteiger partial charge on any atom is 0.323 e. The lowest BCUT2D eigenvalue weighted by molar-refractivity contribution is 0.227. The number of imidazole rings is 2. The van der Waals surface area contributed by atoms with E-state index >= 15 is 0 Å². The molecule has 3 heterocycles. The predicted octanol–water partition coefficient (Wildman–Crippen LogP) is 2.89. The summed E-state index contributed by atoms with van der Waals surface area (Å²) in [6.45, 7) is 7.90. The summed E-state index contributed by atoms with van der Waals surface area (Å²) in [5.41, 5.74) is 3.27. The molecule has 1 saturated heterocycles. The van der Waals surface area contributed by atoms with Crippen molar-refractivity contribution in [1.29, 1.82) is 0 Å². The summed E-state index contributed by atoms with van der Waals surface area (Å²) in [5, 5.41) is 0. The van der Waals surface area contributed by atoms with Crippen molar-refractivity contribution in [2.24, 2.45) is 0 Å². The number of hydrogen-bond acceptors (Lipinski definition) is 3. The van der Waals surface area contributed by atoms with Crippen molar-refractivity contribution in [3.8, 4) is 0 Å². The van der Waals surface area contributed by atoms with Crippen LogP contribution in [0.15, 0.2) is 16.9 Å².